The number of hydrogen-bond acceptors (Lipinski definition) is 8. The van der Waals surface area contributed by atoms with Gasteiger partial charge in [-0.1, -0.05) is 41.4 Å². The van der Waals surface area contributed by atoms with E-state index >= 15 is 0 Å². The number of ether oxygens (including phenoxy) is 3. The zero-order valence-electron chi connectivity index (χ0n) is 24.7. The molecule has 4 aromatic carbocycles. The van der Waals surface area contributed by atoms with Crippen molar-refractivity contribution in [3.05, 3.63) is 107 Å². The Balaban J connectivity index is 1.41. The molecule has 0 saturated heterocycles. The summed E-state index contributed by atoms with van der Waals surface area (Å²) in [7, 11) is -1.31. The predicted octanol–water partition coefficient (Wildman–Crippen LogP) is 5.03. The van der Waals surface area contributed by atoms with Crippen LogP contribution >= 0.6 is 11.6 Å². The molecule has 4 aromatic rings. The molecule has 0 aliphatic carbocycles. The van der Waals surface area contributed by atoms with Crippen LogP contribution in [-0.4, -0.2) is 53.8 Å². The average molecular weight is 651 g/mol. The predicted molar refractivity (Wildman–Crippen MR) is 173 cm³/mol. The molecule has 0 radical (unpaired) electrons. The van der Waals surface area contributed by atoms with E-state index in [0.717, 1.165) is 9.87 Å². The second kappa shape index (κ2) is 15.1. The Kier molecular flexibility index (Phi) is 11.0. The number of carbonyl (C=O) groups excluding carboxylic acids is 2. The van der Waals surface area contributed by atoms with E-state index in [0.29, 0.717) is 27.8 Å². The van der Waals surface area contributed by atoms with Gasteiger partial charge in [0.2, 0.25) is 0 Å². The van der Waals surface area contributed by atoms with Crippen LogP contribution in [-0.2, 0) is 19.6 Å². The first-order valence-corrected chi connectivity index (χ1v) is 15.3. The summed E-state index contributed by atoms with van der Waals surface area (Å²) in [5.74, 6) is 0.0291. The number of amides is 2. The van der Waals surface area contributed by atoms with E-state index in [-0.39, 0.29) is 28.8 Å². The van der Waals surface area contributed by atoms with Gasteiger partial charge in [-0.15, -0.1) is 0 Å². The molecule has 234 valence electrons. The second-order valence-corrected chi connectivity index (χ2v) is 11.8. The molecule has 0 aliphatic rings. The molecule has 45 heavy (non-hydrogen) atoms. The van der Waals surface area contributed by atoms with Crippen molar-refractivity contribution in [3.63, 3.8) is 0 Å². The smallest absolute Gasteiger partial charge is 0.264 e. The number of hydrogen-bond donors (Lipinski definition) is 2. The highest BCUT2D eigenvalue weighted by atomic mass is 35.5. The molecule has 0 unspecified atom stereocenters. The third-order valence-corrected chi connectivity index (χ3v) is 8.46. The lowest BCUT2D eigenvalue weighted by Crippen LogP contribution is -2.39. The molecule has 0 fully saturated rings. The number of para-hydroxylation sites is 1. The van der Waals surface area contributed by atoms with Gasteiger partial charge in [0.15, 0.2) is 6.61 Å². The van der Waals surface area contributed by atoms with E-state index in [9.17, 15) is 18.0 Å². The van der Waals surface area contributed by atoms with Gasteiger partial charge in [0, 0.05) is 6.07 Å². The number of aryl methyl sites for hydroxylation is 1. The van der Waals surface area contributed by atoms with Gasteiger partial charge < -0.3 is 19.5 Å². The van der Waals surface area contributed by atoms with Gasteiger partial charge in [0.25, 0.3) is 21.8 Å². The molecule has 13 heteroatoms. The molecule has 0 spiro atoms. The van der Waals surface area contributed by atoms with E-state index in [4.69, 9.17) is 25.8 Å². The maximum Gasteiger partial charge on any atom is 0.264 e. The van der Waals surface area contributed by atoms with Gasteiger partial charge in [0.05, 0.1) is 41.7 Å². The Morgan fingerprint density at radius 1 is 0.889 bits per heavy atom. The lowest BCUT2D eigenvalue weighted by atomic mass is 10.2. The highest BCUT2D eigenvalue weighted by Gasteiger charge is 2.29. The van der Waals surface area contributed by atoms with Crippen molar-refractivity contribution in [3.8, 4) is 17.2 Å². The maximum absolute atomic E-state index is 13.7. The molecule has 2 N–H and O–H groups in total. The van der Waals surface area contributed by atoms with Crippen molar-refractivity contribution < 1.29 is 32.2 Å². The molecule has 4 rings (SSSR count). The molecule has 0 heterocycles. The molecule has 0 atom stereocenters. The Labute approximate surface area is 266 Å². The lowest BCUT2D eigenvalue weighted by Gasteiger charge is -2.25. The Morgan fingerprint density at radius 2 is 1.58 bits per heavy atom. The largest absolute Gasteiger partial charge is 0.497 e. The summed E-state index contributed by atoms with van der Waals surface area (Å²) in [5, 5.41) is 7.06. The SMILES string of the molecule is COc1ccc(N(CC(=O)N/N=C\c2ccc(OCC(=O)Nc3ccccc3Cl)cc2)S(=O)(=O)c2ccc(C)cc2)c(OC)c1. The number of anilines is 2. The Bertz CT molecular complexity index is 1780. The van der Waals surface area contributed by atoms with Crippen LogP contribution < -0.4 is 29.3 Å². The molecule has 0 aromatic heterocycles. The van der Waals surface area contributed by atoms with Gasteiger partial charge in [-0.3, -0.25) is 13.9 Å². The average Bonchev–Trinajstić information content (AvgIpc) is 3.04. The van der Waals surface area contributed by atoms with Crippen LogP contribution in [0.25, 0.3) is 0 Å². The van der Waals surface area contributed by atoms with Crippen LogP contribution in [0.2, 0.25) is 5.02 Å². The first-order valence-electron chi connectivity index (χ1n) is 13.5. The third-order valence-electron chi connectivity index (χ3n) is 6.35. The highest BCUT2D eigenvalue weighted by molar-refractivity contribution is 7.92. The minimum Gasteiger partial charge on any atom is -0.497 e. The topological polar surface area (TPSA) is 136 Å². The summed E-state index contributed by atoms with van der Waals surface area (Å²) >= 11 is 6.06. The Morgan fingerprint density at radius 3 is 2.24 bits per heavy atom. The van der Waals surface area contributed by atoms with Crippen molar-refractivity contribution in [2.75, 3.05) is 37.0 Å². The van der Waals surface area contributed by atoms with Gasteiger partial charge in [-0.2, -0.15) is 5.10 Å². The summed E-state index contributed by atoms with van der Waals surface area (Å²) in [4.78, 5) is 25.2. The zero-order valence-corrected chi connectivity index (χ0v) is 26.3. The molecular formula is C32H31ClN4O7S. The van der Waals surface area contributed by atoms with E-state index in [1.165, 1.54) is 44.7 Å². The number of hydrazone groups is 1. The molecule has 11 nitrogen and oxygen atoms in total. The number of carbonyl (C=O) groups is 2. The van der Waals surface area contributed by atoms with Crippen molar-refractivity contribution in [2.24, 2.45) is 5.10 Å². The fourth-order valence-corrected chi connectivity index (χ4v) is 5.64. The minimum absolute atomic E-state index is 0.00549. The van der Waals surface area contributed by atoms with Crippen LogP contribution in [0.3, 0.4) is 0 Å². The van der Waals surface area contributed by atoms with Crippen molar-refractivity contribution in [1.82, 2.24) is 5.43 Å². The van der Waals surface area contributed by atoms with E-state index in [2.05, 4.69) is 15.8 Å². The zero-order chi connectivity index (χ0) is 32.4. The van der Waals surface area contributed by atoms with Crippen LogP contribution in [0.4, 0.5) is 11.4 Å². The maximum atomic E-state index is 13.7. The number of sulfonamides is 1. The van der Waals surface area contributed by atoms with Crippen molar-refractivity contribution >= 4 is 51.0 Å². The summed E-state index contributed by atoms with van der Waals surface area (Å²) in [5.41, 5.74) is 4.50. The standard InChI is InChI=1S/C32H31ClN4O7S/c1-22-8-15-26(16-9-22)45(40,41)37(29-17-14-25(42-2)18-30(29)43-3)20-31(38)36-34-19-23-10-12-24(13-11-23)44-21-32(39)35-28-7-5-4-6-27(28)33/h4-19H,20-21H2,1-3H3,(H,35,39)(H,36,38)/b34-19-. The fourth-order valence-electron chi connectivity index (χ4n) is 4.02. The fraction of sp³-hybridized carbons (Fsp3) is 0.156. The van der Waals surface area contributed by atoms with Crippen LogP contribution in [0, 0.1) is 6.92 Å². The van der Waals surface area contributed by atoms with Crippen LogP contribution in [0.1, 0.15) is 11.1 Å². The molecule has 0 aliphatic heterocycles. The number of rotatable bonds is 13. The second-order valence-electron chi connectivity index (χ2n) is 9.54. The normalized spacial score (nSPS) is 11.1. The summed E-state index contributed by atoms with van der Waals surface area (Å²) in [6, 6.07) is 24.4. The van der Waals surface area contributed by atoms with Crippen LogP contribution in [0.15, 0.2) is 101 Å². The number of halogens is 1. The third kappa shape index (κ3) is 8.74. The summed E-state index contributed by atoms with van der Waals surface area (Å²) < 4.78 is 44.6. The first kappa shape index (κ1) is 32.8. The number of nitrogens with one attached hydrogen (secondary N) is 2. The number of methoxy groups -OCH3 is 2. The van der Waals surface area contributed by atoms with Crippen LogP contribution in [0.5, 0.6) is 17.2 Å². The van der Waals surface area contributed by atoms with Crippen molar-refractivity contribution in [2.45, 2.75) is 11.8 Å². The van der Waals surface area contributed by atoms with Gasteiger partial charge in [0.1, 0.15) is 23.8 Å². The molecular weight excluding hydrogens is 620 g/mol. The molecule has 0 bridgehead atoms. The van der Waals surface area contributed by atoms with Gasteiger partial charge in [-0.05, 0) is 73.2 Å². The quantitative estimate of drug-likeness (QED) is 0.153. The lowest BCUT2D eigenvalue weighted by molar-refractivity contribution is -0.119. The Hall–Kier alpha value is -5.07. The van der Waals surface area contributed by atoms with E-state index < -0.39 is 22.5 Å². The number of benzene rings is 4. The first-order chi connectivity index (χ1) is 21.6. The van der Waals surface area contributed by atoms with E-state index in [1.807, 2.05) is 6.92 Å². The highest BCUT2D eigenvalue weighted by Crippen LogP contribution is 2.35. The number of nitrogens with zero attached hydrogens (tertiary/aromatic N) is 2. The van der Waals surface area contributed by atoms with Gasteiger partial charge >= 0.3 is 0 Å². The van der Waals surface area contributed by atoms with Crippen molar-refractivity contribution in [1.29, 1.82) is 0 Å². The van der Waals surface area contributed by atoms with E-state index in [1.54, 1.807) is 66.7 Å². The molecule has 2 amide bonds. The molecule has 0 saturated carbocycles. The summed E-state index contributed by atoms with van der Waals surface area (Å²) in [6.07, 6.45) is 1.39. The summed E-state index contributed by atoms with van der Waals surface area (Å²) in [6.45, 7) is 1.03. The van der Waals surface area contributed by atoms with Gasteiger partial charge in [-0.25, -0.2) is 13.8 Å². The minimum atomic E-state index is -4.18. The monoisotopic (exact) mass is 650 g/mol.